The average Bonchev–Trinajstić information content (AvgIpc) is 2.44. The number of benzene rings is 1. The van der Waals surface area contributed by atoms with Gasteiger partial charge in [0.1, 0.15) is 0 Å². The van der Waals surface area contributed by atoms with E-state index in [4.69, 9.17) is 5.11 Å². The van der Waals surface area contributed by atoms with Gasteiger partial charge < -0.3 is 15.7 Å². The first-order chi connectivity index (χ1) is 10.0. The number of amides is 2. The largest absolute Gasteiger partial charge is 0.481 e. The number of urea groups is 1. The molecule has 0 aliphatic carbocycles. The lowest BCUT2D eigenvalue weighted by Gasteiger charge is -2.15. The van der Waals surface area contributed by atoms with Crippen molar-refractivity contribution in [3.63, 3.8) is 0 Å². The van der Waals surface area contributed by atoms with Crippen LogP contribution in [0.5, 0.6) is 0 Å². The van der Waals surface area contributed by atoms with E-state index in [2.05, 4.69) is 17.6 Å². The van der Waals surface area contributed by atoms with E-state index in [0.29, 0.717) is 12.1 Å². The van der Waals surface area contributed by atoms with E-state index in [1.807, 2.05) is 25.1 Å². The molecule has 0 aromatic heterocycles. The SMILES string of the molecule is CCCCC(C)NC(=O)Nc1ccccc1CCC(=O)O. The normalized spacial score (nSPS) is 11.7. The molecule has 0 saturated heterocycles. The second-order valence-corrected chi connectivity index (χ2v) is 5.19. The Bertz CT molecular complexity index is 474. The molecule has 0 aliphatic heterocycles. The van der Waals surface area contributed by atoms with Gasteiger partial charge >= 0.3 is 12.0 Å². The van der Waals surface area contributed by atoms with Crippen molar-refractivity contribution in [2.75, 3.05) is 5.32 Å². The van der Waals surface area contributed by atoms with E-state index >= 15 is 0 Å². The molecular formula is C16H24N2O3. The fourth-order valence-corrected chi connectivity index (χ4v) is 2.07. The number of carboxylic acid groups (broad SMARTS) is 1. The predicted molar refractivity (Wildman–Crippen MR) is 83.5 cm³/mol. The molecule has 0 bridgehead atoms. The molecule has 0 aliphatic rings. The third-order valence-corrected chi connectivity index (χ3v) is 3.24. The van der Waals surface area contributed by atoms with Crippen molar-refractivity contribution < 1.29 is 14.7 Å². The first kappa shape index (κ1) is 17.0. The molecule has 0 spiro atoms. The van der Waals surface area contributed by atoms with Crippen LogP contribution in [0.15, 0.2) is 24.3 Å². The number of rotatable bonds is 8. The standard InChI is InChI=1S/C16H24N2O3/c1-3-4-7-12(2)17-16(21)18-14-9-6-5-8-13(14)10-11-15(19)20/h5-6,8-9,12H,3-4,7,10-11H2,1-2H3,(H,19,20)(H2,17,18,21). The minimum atomic E-state index is -0.845. The molecule has 1 unspecified atom stereocenters. The van der Waals surface area contributed by atoms with Gasteiger partial charge in [0.05, 0.1) is 0 Å². The summed E-state index contributed by atoms with van der Waals surface area (Å²) in [5.74, 6) is -0.845. The molecular weight excluding hydrogens is 268 g/mol. The van der Waals surface area contributed by atoms with Gasteiger partial charge in [-0.2, -0.15) is 0 Å². The van der Waals surface area contributed by atoms with Gasteiger partial charge in [-0.15, -0.1) is 0 Å². The molecule has 1 atom stereocenters. The molecule has 1 aromatic carbocycles. The number of aryl methyl sites for hydroxylation is 1. The van der Waals surface area contributed by atoms with Crippen molar-refractivity contribution in [3.8, 4) is 0 Å². The molecule has 116 valence electrons. The minimum absolute atomic E-state index is 0.0488. The number of carbonyl (C=O) groups is 2. The van der Waals surface area contributed by atoms with E-state index in [-0.39, 0.29) is 18.5 Å². The Balaban J connectivity index is 2.57. The highest BCUT2D eigenvalue weighted by molar-refractivity contribution is 5.90. The number of nitrogens with one attached hydrogen (secondary N) is 2. The summed E-state index contributed by atoms with van der Waals surface area (Å²) < 4.78 is 0. The second-order valence-electron chi connectivity index (χ2n) is 5.19. The van der Waals surface area contributed by atoms with Crippen molar-refractivity contribution in [2.24, 2.45) is 0 Å². The lowest BCUT2D eigenvalue weighted by Crippen LogP contribution is -2.36. The Morgan fingerprint density at radius 2 is 2.00 bits per heavy atom. The number of carbonyl (C=O) groups excluding carboxylic acids is 1. The highest BCUT2D eigenvalue weighted by atomic mass is 16.4. The molecule has 21 heavy (non-hydrogen) atoms. The number of carboxylic acids is 1. The Morgan fingerprint density at radius 1 is 1.29 bits per heavy atom. The summed E-state index contributed by atoms with van der Waals surface area (Å²) in [5.41, 5.74) is 1.50. The van der Waals surface area contributed by atoms with Gasteiger partial charge in [0.2, 0.25) is 0 Å². The maximum atomic E-state index is 11.9. The molecule has 3 N–H and O–H groups in total. The average molecular weight is 292 g/mol. The van der Waals surface area contributed by atoms with Gasteiger partial charge in [0.25, 0.3) is 0 Å². The summed E-state index contributed by atoms with van der Waals surface area (Å²) in [5, 5.41) is 14.4. The zero-order valence-corrected chi connectivity index (χ0v) is 12.7. The topological polar surface area (TPSA) is 78.4 Å². The fourth-order valence-electron chi connectivity index (χ4n) is 2.07. The third-order valence-electron chi connectivity index (χ3n) is 3.24. The summed E-state index contributed by atoms with van der Waals surface area (Å²) in [7, 11) is 0. The van der Waals surface area contributed by atoms with E-state index in [9.17, 15) is 9.59 Å². The highest BCUT2D eigenvalue weighted by Crippen LogP contribution is 2.16. The number of anilines is 1. The van der Waals surface area contributed by atoms with Crippen LogP contribution in [-0.2, 0) is 11.2 Å². The molecule has 0 fully saturated rings. The van der Waals surface area contributed by atoms with E-state index < -0.39 is 5.97 Å². The minimum Gasteiger partial charge on any atom is -0.481 e. The highest BCUT2D eigenvalue weighted by Gasteiger charge is 2.10. The maximum absolute atomic E-state index is 11.9. The summed E-state index contributed by atoms with van der Waals surface area (Å²) >= 11 is 0. The summed E-state index contributed by atoms with van der Waals surface area (Å²) in [6, 6.07) is 7.15. The van der Waals surface area contributed by atoms with Gasteiger partial charge in [0.15, 0.2) is 0 Å². The second kappa shape index (κ2) is 9.00. The van der Waals surface area contributed by atoms with Gasteiger partial charge in [-0.05, 0) is 31.4 Å². The molecule has 0 heterocycles. The van der Waals surface area contributed by atoms with Crippen molar-refractivity contribution in [3.05, 3.63) is 29.8 Å². The van der Waals surface area contributed by atoms with Gasteiger partial charge in [-0.25, -0.2) is 4.79 Å². The number of hydrogen-bond donors (Lipinski definition) is 3. The van der Waals surface area contributed by atoms with Crippen LogP contribution in [0.4, 0.5) is 10.5 Å². The van der Waals surface area contributed by atoms with Crippen LogP contribution in [0, 0.1) is 0 Å². The predicted octanol–water partition coefficient (Wildman–Crippen LogP) is 3.40. The van der Waals surface area contributed by atoms with Gasteiger partial charge in [-0.1, -0.05) is 38.0 Å². The number of para-hydroxylation sites is 1. The summed E-state index contributed by atoms with van der Waals surface area (Å²) in [6.07, 6.45) is 3.58. The molecule has 2 amide bonds. The Morgan fingerprint density at radius 3 is 2.67 bits per heavy atom. The van der Waals surface area contributed by atoms with E-state index in [0.717, 1.165) is 24.8 Å². The summed E-state index contributed by atoms with van der Waals surface area (Å²) in [6.45, 7) is 4.09. The van der Waals surface area contributed by atoms with Gasteiger partial charge in [-0.3, -0.25) is 4.79 Å². The fraction of sp³-hybridized carbons (Fsp3) is 0.500. The lowest BCUT2D eigenvalue weighted by molar-refractivity contribution is -0.136. The van der Waals surface area contributed by atoms with Crippen molar-refractivity contribution in [1.29, 1.82) is 0 Å². The first-order valence-electron chi connectivity index (χ1n) is 7.40. The first-order valence-corrected chi connectivity index (χ1v) is 7.40. The van der Waals surface area contributed by atoms with Crippen molar-refractivity contribution in [2.45, 2.75) is 52.0 Å². The van der Waals surface area contributed by atoms with Crippen LogP contribution in [0.3, 0.4) is 0 Å². The van der Waals surface area contributed by atoms with Crippen LogP contribution in [0.25, 0.3) is 0 Å². The molecule has 0 radical (unpaired) electrons. The number of aliphatic carboxylic acids is 1. The Kier molecular flexibility index (Phi) is 7.29. The van der Waals surface area contributed by atoms with Gasteiger partial charge in [0, 0.05) is 18.2 Å². The quantitative estimate of drug-likeness (QED) is 0.687. The number of unbranched alkanes of at least 4 members (excludes halogenated alkanes) is 1. The number of hydrogen-bond acceptors (Lipinski definition) is 2. The smallest absolute Gasteiger partial charge is 0.319 e. The van der Waals surface area contributed by atoms with Crippen LogP contribution in [0.1, 0.15) is 45.1 Å². The lowest BCUT2D eigenvalue weighted by atomic mass is 10.1. The molecule has 5 heteroatoms. The zero-order chi connectivity index (χ0) is 15.7. The molecule has 0 saturated carbocycles. The van der Waals surface area contributed by atoms with E-state index in [1.54, 1.807) is 6.07 Å². The molecule has 1 aromatic rings. The van der Waals surface area contributed by atoms with Crippen LogP contribution < -0.4 is 10.6 Å². The zero-order valence-electron chi connectivity index (χ0n) is 12.7. The van der Waals surface area contributed by atoms with Crippen molar-refractivity contribution >= 4 is 17.7 Å². The monoisotopic (exact) mass is 292 g/mol. The maximum Gasteiger partial charge on any atom is 0.319 e. The van der Waals surface area contributed by atoms with Crippen LogP contribution >= 0.6 is 0 Å². The summed E-state index contributed by atoms with van der Waals surface area (Å²) in [4.78, 5) is 22.6. The Labute approximate surface area is 125 Å². The molecule has 5 nitrogen and oxygen atoms in total. The van der Waals surface area contributed by atoms with Crippen molar-refractivity contribution in [1.82, 2.24) is 5.32 Å². The third kappa shape index (κ3) is 6.79. The van der Waals surface area contributed by atoms with E-state index in [1.165, 1.54) is 0 Å². The van der Waals surface area contributed by atoms with Crippen LogP contribution in [0.2, 0.25) is 0 Å². The van der Waals surface area contributed by atoms with Crippen LogP contribution in [-0.4, -0.2) is 23.1 Å². The molecule has 1 rings (SSSR count). The Hall–Kier alpha value is -2.04.